The first kappa shape index (κ1) is 13.6. The van der Waals surface area contributed by atoms with Gasteiger partial charge in [-0.1, -0.05) is 12.1 Å². The molecular formula is C11H12Br2N4O. The molecule has 2 N–H and O–H groups in total. The van der Waals surface area contributed by atoms with E-state index in [0.717, 1.165) is 21.8 Å². The molecule has 0 aliphatic rings. The number of nitrogens with two attached hydrogens (primary N) is 1. The van der Waals surface area contributed by atoms with Crippen LogP contribution >= 0.6 is 31.9 Å². The predicted octanol–water partition coefficient (Wildman–Crippen LogP) is 2.99. The second kappa shape index (κ2) is 5.90. The number of aryl methyl sites for hydroxylation is 1. The van der Waals surface area contributed by atoms with Crippen molar-refractivity contribution in [3.05, 3.63) is 38.6 Å². The van der Waals surface area contributed by atoms with E-state index in [-0.39, 0.29) is 0 Å². The van der Waals surface area contributed by atoms with Crippen LogP contribution in [-0.4, -0.2) is 15.1 Å². The zero-order chi connectivity index (χ0) is 13.1. The molecule has 2 rings (SSSR count). The summed E-state index contributed by atoms with van der Waals surface area (Å²) in [6, 6.07) is 1.39. The summed E-state index contributed by atoms with van der Waals surface area (Å²) in [5.74, 6) is 1.06. The summed E-state index contributed by atoms with van der Waals surface area (Å²) in [4.78, 5) is 8.53. The molecule has 0 aliphatic heterocycles. The fourth-order valence-electron chi connectivity index (χ4n) is 1.49. The summed E-state index contributed by atoms with van der Waals surface area (Å²) < 4.78 is 6.81. The minimum Gasteiger partial charge on any atom is -0.339 e. The number of hydrogen-bond donors (Lipinski definition) is 1. The average Bonchev–Trinajstić information content (AvgIpc) is 2.77. The largest absolute Gasteiger partial charge is 0.339 e. The first-order valence-electron chi connectivity index (χ1n) is 5.50. The second-order valence-electron chi connectivity index (χ2n) is 3.79. The van der Waals surface area contributed by atoms with E-state index in [9.17, 15) is 0 Å². The third-order valence-corrected chi connectivity index (χ3v) is 3.43. The van der Waals surface area contributed by atoms with Gasteiger partial charge in [0, 0.05) is 21.6 Å². The molecule has 0 radical (unpaired) electrons. The first-order chi connectivity index (χ1) is 8.61. The summed E-state index contributed by atoms with van der Waals surface area (Å²) in [7, 11) is 0. The van der Waals surface area contributed by atoms with Crippen molar-refractivity contribution in [1.82, 2.24) is 15.1 Å². The second-order valence-corrected chi connectivity index (χ2v) is 5.56. The van der Waals surface area contributed by atoms with Gasteiger partial charge >= 0.3 is 0 Å². The normalized spacial score (nSPS) is 12.7. The minimum absolute atomic E-state index is 0.453. The summed E-state index contributed by atoms with van der Waals surface area (Å²) in [6.07, 6.45) is 3.40. The lowest BCUT2D eigenvalue weighted by Crippen LogP contribution is -2.16. The highest BCUT2D eigenvalue weighted by Crippen LogP contribution is 2.26. The minimum atomic E-state index is -0.498. The molecule has 96 valence electrons. The molecule has 0 aromatic carbocycles. The molecule has 0 amide bonds. The fourth-order valence-corrected chi connectivity index (χ4v) is 2.72. The Balaban J connectivity index is 2.26. The van der Waals surface area contributed by atoms with Crippen LogP contribution in [0, 0.1) is 0 Å². The summed E-state index contributed by atoms with van der Waals surface area (Å²) in [5, 5.41) is 3.89. The van der Waals surface area contributed by atoms with E-state index in [1.54, 1.807) is 6.20 Å². The van der Waals surface area contributed by atoms with Gasteiger partial charge in [0.15, 0.2) is 5.82 Å². The van der Waals surface area contributed by atoms with Gasteiger partial charge in [-0.3, -0.25) is 4.98 Å². The molecule has 7 heteroatoms. The highest BCUT2D eigenvalue weighted by Gasteiger charge is 2.19. The maximum absolute atomic E-state index is 6.08. The smallest absolute Gasteiger partial charge is 0.226 e. The molecule has 18 heavy (non-hydrogen) atoms. The summed E-state index contributed by atoms with van der Waals surface area (Å²) in [6.45, 7) is 2.05. The summed E-state index contributed by atoms with van der Waals surface area (Å²) >= 11 is 6.77. The van der Waals surface area contributed by atoms with Gasteiger partial charge in [0.05, 0.1) is 5.69 Å². The SMILES string of the molecule is CCCc1nc(C(N)c2ncc(Br)cc2Br)no1. The van der Waals surface area contributed by atoms with Crippen LogP contribution in [0.1, 0.15) is 36.8 Å². The van der Waals surface area contributed by atoms with Crippen molar-refractivity contribution >= 4 is 31.9 Å². The standard InChI is InChI=1S/C11H12Br2N4O/c1-2-3-8-16-11(17-18-8)9(14)10-7(13)4-6(12)5-15-10/h4-5,9H,2-3,14H2,1H3. The Labute approximate surface area is 121 Å². The van der Waals surface area contributed by atoms with Gasteiger partial charge in [0.2, 0.25) is 5.89 Å². The molecule has 0 saturated heterocycles. The van der Waals surface area contributed by atoms with Crippen LogP contribution in [0.2, 0.25) is 0 Å². The molecule has 2 heterocycles. The van der Waals surface area contributed by atoms with E-state index < -0.39 is 6.04 Å². The zero-order valence-corrected chi connectivity index (χ0v) is 12.9. The van der Waals surface area contributed by atoms with Crippen molar-refractivity contribution in [2.24, 2.45) is 5.73 Å². The van der Waals surface area contributed by atoms with Crippen LogP contribution in [0.3, 0.4) is 0 Å². The topological polar surface area (TPSA) is 77.8 Å². The van der Waals surface area contributed by atoms with E-state index >= 15 is 0 Å². The van der Waals surface area contributed by atoms with Gasteiger partial charge in [-0.25, -0.2) is 0 Å². The van der Waals surface area contributed by atoms with Gasteiger partial charge in [0.25, 0.3) is 0 Å². The first-order valence-corrected chi connectivity index (χ1v) is 7.09. The van der Waals surface area contributed by atoms with Crippen molar-refractivity contribution in [2.75, 3.05) is 0 Å². The van der Waals surface area contributed by atoms with E-state index in [4.69, 9.17) is 10.3 Å². The number of halogens is 2. The monoisotopic (exact) mass is 374 g/mol. The van der Waals surface area contributed by atoms with Crippen LogP contribution < -0.4 is 5.73 Å². The third kappa shape index (κ3) is 2.96. The molecule has 1 atom stereocenters. The highest BCUT2D eigenvalue weighted by molar-refractivity contribution is 9.11. The van der Waals surface area contributed by atoms with Gasteiger partial charge in [-0.05, 0) is 44.3 Å². The lowest BCUT2D eigenvalue weighted by atomic mass is 10.2. The molecule has 0 bridgehead atoms. The third-order valence-electron chi connectivity index (χ3n) is 2.36. The molecule has 0 spiro atoms. The maximum atomic E-state index is 6.08. The van der Waals surface area contributed by atoms with Crippen molar-refractivity contribution < 1.29 is 4.52 Å². The van der Waals surface area contributed by atoms with Gasteiger partial charge in [-0.15, -0.1) is 0 Å². The number of hydrogen-bond acceptors (Lipinski definition) is 5. The lowest BCUT2D eigenvalue weighted by Gasteiger charge is -2.08. The Morgan fingerprint density at radius 2 is 2.22 bits per heavy atom. The molecular weight excluding hydrogens is 364 g/mol. The van der Waals surface area contributed by atoms with Crippen molar-refractivity contribution in [1.29, 1.82) is 0 Å². The van der Waals surface area contributed by atoms with E-state index in [0.29, 0.717) is 17.4 Å². The number of pyridine rings is 1. The molecule has 0 aliphatic carbocycles. The summed E-state index contributed by atoms with van der Waals surface area (Å²) in [5.41, 5.74) is 6.77. The number of nitrogens with zero attached hydrogens (tertiary/aromatic N) is 3. The van der Waals surface area contributed by atoms with Crippen molar-refractivity contribution in [2.45, 2.75) is 25.8 Å². The zero-order valence-electron chi connectivity index (χ0n) is 9.73. The fraction of sp³-hybridized carbons (Fsp3) is 0.364. The molecule has 0 fully saturated rings. The Hall–Kier alpha value is -0.790. The van der Waals surface area contributed by atoms with Crippen molar-refractivity contribution in [3.8, 4) is 0 Å². The molecule has 2 aromatic heterocycles. The van der Waals surface area contributed by atoms with Crippen LogP contribution in [0.5, 0.6) is 0 Å². The number of aromatic nitrogens is 3. The molecule has 5 nitrogen and oxygen atoms in total. The van der Waals surface area contributed by atoms with Crippen molar-refractivity contribution in [3.63, 3.8) is 0 Å². The average molecular weight is 376 g/mol. The Morgan fingerprint density at radius 1 is 1.44 bits per heavy atom. The molecule has 1 unspecified atom stereocenters. The van der Waals surface area contributed by atoms with E-state index in [1.807, 2.05) is 6.07 Å². The Kier molecular flexibility index (Phi) is 4.47. The van der Waals surface area contributed by atoms with Crippen LogP contribution in [0.25, 0.3) is 0 Å². The van der Waals surface area contributed by atoms with Gasteiger partial charge in [-0.2, -0.15) is 4.98 Å². The molecule has 0 saturated carbocycles. The van der Waals surface area contributed by atoms with E-state index in [2.05, 4.69) is 53.9 Å². The van der Waals surface area contributed by atoms with Gasteiger partial charge < -0.3 is 10.3 Å². The van der Waals surface area contributed by atoms with Crippen LogP contribution in [0.15, 0.2) is 25.7 Å². The van der Waals surface area contributed by atoms with Gasteiger partial charge in [0.1, 0.15) is 6.04 Å². The molecule has 2 aromatic rings. The Bertz CT molecular complexity index is 544. The quantitative estimate of drug-likeness (QED) is 0.888. The highest BCUT2D eigenvalue weighted by atomic mass is 79.9. The lowest BCUT2D eigenvalue weighted by molar-refractivity contribution is 0.370. The predicted molar refractivity (Wildman–Crippen MR) is 74.0 cm³/mol. The van der Waals surface area contributed by atoms with Crippen LogP contribution in [0.4, 0.5) is 0 Å². The maximum Gasteiger partial charge on any atom is 0.226 e. The Morgan fingerprint density at radius 3 is 2.89 bits per heavy atom. The van der Waals surface area contributed by atoms with Crippen LogP contribution in [-0.2, 0) is 6.42 Å². The number of rotatable bonds is 4. The van der Waals surface area contributed by atoms with E-state index in [1.165, 1.54) is 0 Å².